The van der Waals surface area contributed by atoms with E-state index in [0.29, 0.717) is 11.5 Å². The van der Waals surface area contributed by atoms with Crippen molar-refractivity contribution in [3.8, 4) is 22.8 Å². The van der Waals surface area contributed by atoms with Crippen molar-refractivity contribution < 1.29 is 13.9 Å². The maximum absolute atomic E-state index is 12.9. The van der Waals surface area contributed by atoms with E-state index in [1.165, 1.54) is 16.8 Å². The predicted molar refractivity (Wildman–Crippen MR) is 83.3 cm³/mol. The summed E-state index contributed by atoms with van der Waals surface area (Å²) in [5, 5.41) is 4.08. The zero-order valence-electron chi connectivity index (χ0n) is 12.1. The van der Waals surface area contributed by atoms with E-state index in [-0.39, 0.29) is 12.4 Å². The Bertz CT molecular complexity index is 811. The topological polar surface area (TPSA) is 70.1 Å². The van der Waals surface area contributed by atoms with Crippen LogP contribution in [-0.4, -0.2) is 15.7 Å². The number of carbonyl (C=O) groups is 1. The van der Waals surface area contributed by atoms with Gasteiger partial charge in [-0.3, -0.25) is 9.48 Å². The van der Waals surface area contributed by atoms with Crippen LogP contribution in [0.1, 0.15) is 0 Å². The van der Waals surface area contributed by atoms with Crippen LogP contribution in [0.4, 0.5) is 4.39 Å². The third-order valence-corrected chi connectivity index (χ3v) is 3.22. The smallest absolute Gasteiger partial charge is 0.239 e. The van der Waals surface area contributed by atoms with Gasteiger partial charge in [0.1, 0.15) is 23.9 Å². The van der Waals surface area contributed by atoms with Crippen molar-refractivity contribution in [2.24, 2.45) is 5.73 Å². The molecule has 0 aliphatic heterocycles. The average Bonchev–Trinajstić information content (AvgIpc) is 2.98. The molecule has 2 aromatic carbocycles. The van der Waals surface area contributed by atoms with E-state index in [2.05, 4.69) is 5.10 Å². The number of aromatic nitrogens is 2. The van der Waals surface area contributed by atoms with Crippen LogP contribution in [0.5, 0.6) is 11.5 Å². The lowest BCUT2D eigenvalue weighted by atomic mass is 10.1. The normalized spacial score (nSPS) is 10.5. The summed E-state index contributed by atoms with van der Waals surface area (Å²) in [7, 11) is 0. The third kappa shape index (κ3) is 3.55. The fourth-order valence-corrected chi connectivity index (χ4v) is 2.18. The Hall–Kier alpha value is -3.15. The number of carbonyl (C=O) groups excluding carboxylic acids is 1. The first kappa shape index (κ1) is 14.8. The number of benzene rings is 2. The second-order valence-corrected chi connectivity index (χ2v) is 4.92. The van der Waals surface area contributed by atoms with Crippen molar-refractivity contribution in [1.82, 2.24) is 9.78 Å². The minimum Gasteiger partial charge on any atom is -0.457 e. The van der Waals surface area contributed by atoms with Gasteiger partial charge in [0, 0.05) is 11.8 Å². The van der Waals surface area contributed by atoms with Crippen LogP contribution in [0.15, 0.2) is 60.8 Å². The molecule has 0 spiro atoms. The van der Waals surface area contributed by atoms with Gasteiger partial charge in [-0.25, -0.2) is 4.39 Å². The van der Waals surface area contributed by atoms with Crippen LogP contribution in [0.25, 0.3) is 11.3 Å². The maximum atomic E-state index is 12.9. The standard InChI is InChI=1S/C17H14FN3O2/c18-13-3-7-15(8-4-13)23-14-5-1-12(2-6-14)16-9-10-20-21(16)11-17(19)22/h1-10H,11H2,(H2,19,22). The molecule has 1 aromatic heterocycles. The number of nitrogens with zero attached hydrogens (tertiary/aromatic N) is 2. The molecule has 3 aromatic rings. The van der Waals surface area contributed by atoms with E-state index in [0.717, 1.165) is 11.3 Å². The first-order valence-electron chi connectivity index (χ1n) is 6.96. The number of hydrogen-bond acceptors (Lipinski definition) is 3. The van der Waals surface area contributed by atoms with E-state index >= 15 is 0 Å². The summed E-state index contributed by atoms with van der Waals surface area (Å²) in [5.74, 6) is 0.417. The van der Waals surface area contributed by atoms with Crippen molar-refractivity contribution in [1.29, 1.82) is 0 Å². The Morgan fingerprint density at radius 1 is 1.04 bits per heavy atom. The van der Waals surface area contributed by atoms with Crippen LogP contribution in [0.2, 0.25) is 0 Å². The molecule has 3 rings (SSSR count). The van der Waals surface area contributed by atoms with E-state index in [9.17, 15) is 9.18 Å². The minimum atomic E-state index is -0.453. The number of hydrogen-bond donors (Lipinski definition) is 1. The summed E-state index contributed by atoms with van der Waals surface area (Å²) in [5.41, 5.74) is 6.88. The number of primary amides is 1. The van der Waals surface area contributed by atoms with Crippen LogP contribution in [0, 0.1) is 5.82 Å². The first-order valence-corrected chi connectivity index (χ1v) is 6.96. The van der Waals surface area contributed by atoms with Gasteiger partial charge >= 0.3 is 0 Å². The molecule has 0 saturated carbocycles. The Morgan fingerprint density at radius 3 is 2.26 bits per heavy atom. The Morgan fingerprint density at radius 2 is 1.65 bits per heavy atom. The molecule has 1 heterocycles. The van der Waals surface area contributed by atoms with Crippen molar-refractivity contribution in [2.45, 2.75) is 6.54 Å². The molecule has 0 aliphatic rings. The fourth-order valence-electron chi connectivity index (χ4n) is 2.18. The van der Waals surface area contributed by atoms with Gasteiger partial charge in [0.05, 0.1) is 5.69 Å². The fraction of sp³-hybridized carbons (Fsp3) is 0.0588. The highest BCUT2D eigenvalue weighted by atomic mass is 19.1. The molecule has 0 radical (unpaired) electrons. The molecule has 0 atom stereocenters. The third-order valence-electron chi connectivity index (χ3n) is 3.22. The van der Waals surface area contributed by atoms with Gasteiger partial charge in [-0.1, -0.05) is 0 Å². The largest absolute Gasteiger partial charge is 0.457 e. The van der Waals surface area contributed by atoms with Crippen LogP contribution in [-0.2, 0) is 11.3 Å². The summed E-state index contributed by atoms with van der Waals surface area (Å²) >= 11 is 0. The number of halogens is 1. The second kappa shape index (κ2) is 6.31. The van der Waals surface area contributed by atoms with Gasteiger partial charge in [-0.2, -0.15) is 5.10 Å². The van der Waals surface area contributed by atoms with Gasteiger partial charge in [-0.15, -0.1) is 0 Å². The lowest BCUT2D eigenvalue weighted by molar-refractivity contribution is -0.118. The lowest BCUT2D eigenvalue weighted by Crippen LogP contribution is -2.19. The van der Waals surface area contributed by atoms with Gasteiger partial charge in [0.2, 0.25) is 5.91 Å². The molecule has 116 valence electrons. The van der Waals surface area contributed by atoms with Crippen molar-refractivity contribution in [3.05, 3.63) is 66.6 Å². The summed E-state index contributed by atoms with van der Waals surface area (Å²) in [6, 6.07) is 14.9. The summed E-state index contributed by atoms with van der Waals surface area (Å²) in [6.45, 7) is 0.0240. The van der Waals surface area contributed by atoms with Gasteiger partial charge < -0.3 is 10.5 Å². The highest BCUT2D eigenvalue weighted by Gasteiger charge is 2.08. The monoisotopic (exact) mass is 311 g/mol. The minimum absolute atomic E-state index is 0.0240. The van der Waals surface area contributed by atoms with Crippen molar-refractivity contribution >= 4 is 5.91 Å². The molecule has 0 bridgehead atoms. The van der Waals surface area contributed by atoms with Gasteiger partial charge in [-0.05, 0) is 54.6 Å². The van der Waals surface area contributed by atoms with E-state index in [1.54, 1.807) is 36.5 Å². The molecule has 23 heavy (non-hydrogen) atoms. The Balaban J connectivity index is 1.78. The van der Waals surface area contributed by atoms with E-state index < -0.39 is 5.91 Å². The summed E-state index contributed by atoms with van der Waals surface area (Å²) < 4.78 is 20.0. The lowest BCUT2D eigenvalue weighted by Gasteiger charge is -2.08. The summed E-state index contributed by atoms with van der Waals surface area (Å²) in [6.07, 6.45) is 1.61. The zero-order valence-corrected chi connectivity index (χ0v) is 12.1. The SMILES string of the molecule is NC(=O)Cn1nccc1-c1ccc(Oc2ccc(F)cc2)cc1. The van der Waals surface area contributed by atoms with Crippen molar-refractivity contribution in [2.75, 3.05) is 0 Å². The van der Waals surface area contributed by atoms with Crippen LogP contribution >= 0.6 is 0 Å². The number of nitrogens with two attached hydrogens (primary N) is 1. The Kier molecular flexibility index (Phi) is 4.05. The maximum Gasteiger partial charge on any atom is 0.239 e. The molecule has 0 unspecified atom stereocenters. The molecule has 1 amide bonds. The average molecular weight is 311 g/mol. The molecule has 6 heteroatoms. The molecule has 0 aliphatic carbocycles. The van der Waals surface area contributed by atoms with Gasteiger partial charge in [0.15, 0.2) is 0 Å². The number of ether oxygens (including phenoxy) is 1. The number of rotatable bonds is 5. The second-order valence-electron chi connectivity index (χ2n) is 4.92. The highest BCUT2D eigenvalue weighted by Crippen LogP contribution is 2.25. The van der Waals surface area contributed by atoms with Crippen LogP contribution in [0.3, 0.4) is 0 Å². The first-order chi connectivity index (χ1) is 11.1. The molecule has 0 saturated heterocycles. The number of amides is 1. The quantitative estimate of drug-likeness (QED) is 0.787. The Labute approximate surface area is 132 Å². The predicted octanol–water partition coefficient (Wildman–Crippen LogP) is 2.97. The van der Waals surface area contributed by atoms with E-state index in [1.807, 2.05) is 12.1 Å². The van der Waals surface area contributed by atoms with Crippen LogP contribution < -0.4 is 10.5 Å². The highest BCUT2D eigenvalue weighted by molar-refractivity contribution is 5.74. The van der Waals surface area contributed by atoms with Gasteiger partial charge in [0.25, 0.3) is 0 Å². The molecule has 2 N–H and O–H groups in total. The molecule has 0 fully saturated rings. The molecular weight excluding hydrogens is 297 g/mol. The van der Waals surface area contributed by atoms with E-state index in [4.69, 9.17) is 10.5 Å². The molecule has 5 nitrogen and oxygen atoms in total. The zero-order chi connectivity index (χ0) is 16.2. The van der Waals surface area contributed by atoms with Crippen molar-refractivity contribution in [3.63, 3.8) is 0 Å². The molecular formula is C17H14FN3O2. The summed E-state index contributed by atoms with van der Waals surface area (Å²) in [4.78, 5) is 11.0.